The van der Waals surface area contributed by atoms with Gasteiger partial charge in [-0.3, -0.25) is 4.90 Å². The van der Waals surface area contributed by atoms with Crippen molar-refractivity contribution in [3.05, 3.63) is 40.8 Å². The predicted molar refractivity (Wildman–Crippen MR) is 88.3 cm³/mol. The van der Waals surface area contributed by atoms with Gasteiger partial charge in [0.15, 0.2) is 5.76 Å². The Hall–Kier alpha value is -2.21. The summed E-state index contributed by atoms with van der Waals surface area (Å²) in [6.07, 6.45) is 1.85. The first-order valence-electron chi connectivity index (χ1n) is 8.16. The molecular formula is C18H23NO5. The molecule has 1 aromatic carbocycles. The summed E-state index contributed by atoms with van der Waals surface area (Å²) in [6.45, 7) is 2.02. The van der Waals surface area contributed by atoms with Crippen molar-refractivity contribution in [2.75, 3.05) is 33.9 Å². The van der Waals surface area contributed by atoms with Crippen LogP contribution in [-0.4, -0.2) is 50.0 Å². The number of aryl methyl sites for hydroxylation is 1. The van der Waals surface area contributed by atoms with Crippen LogP contribution in [0.25, 0.3) is 0 Å². The van der Waals surface area contributed by atoms with Crippen molar-refractivity contribution < 1.29 is 24.1 Å². The lowest BCUT2D eigenvalue weighted by atomic mass is 9.99. The van der Waals surface area contributed by atoms with E-state index in [0.717, 1.165) is 31.7 Å². The van der Waals surface area contributed by atoms with Gasteiger partial charge in [0.1, 0.15) is 11.5 Å². The summed E-state index contributed by atoms with van der Waals surface area (Å²) in [7, 11) is 2.93. The summed E-state index contributed by atoms with van der Waals surface area (Å²) in [5.41, 5.74) is 2.71. The zero-order valence-electron chi connectivity index (χ0n) is 14.1. The summed E-state index contributed by atoms with van der Waals surface area (Å²) in [5.74, 6) is 1.73. The van der Waals surface area contributed by atoms with E-state index >= 15 is 0 Å². The van der Waals surface area contributed by atoms with Gasteiger partial charge in [-0.2, -0.15) is 0 Å². The van der Waals surface area contributed by atoms with Crippen LogP contribution >= 0.6 is 0 Å². The maximum absolute atomic E-state index is 11.3. The molecule has 6 nitrogen and oxygen atoms in total. The van der Waals surface area contributed by atoms with Gasteiger partial charge in [0.2, 0.25) is 0 Å². The van der Waals surface area contributed by atoms with E-state index in [0.29, 0.717) is 18.9 Å². The van der Waals surface area contributed by atoms with Crippen LogP contribution in [-0.2, 0) is 15.9 Å². The molecule has 1 heterocycles. The third-order valence-electron chi connectivity index (χ3n) is 4.76. The molecule has 0 saturated heterocycles. The number of methoxy groups -OCH3 is 2. The highest BCUT2D eigenvalue weighted by Crippen LogP contribution is 2.36. The van der Waals surface area contributed by atoms with Crippen LogP contribution in [0.5, 0.6) is 5.75 Å². The Balaban J connectivity index is 1.67. The van der Waals surface area contributed by atoms with Crippen molar-refractivity contribution in [1.29, 1.82) is 0 Å². The first-order chi connectivity index (χ1) is 11.6. The van der Waals surface area contributed by atoms with E-state index in [9.17, 15) is 9.90 Å². The second-order valence-electron chi connectivity index (χ2n) is 6.21. The molecule has 3 rings (SSSR count). The molecular weight excluding hydrogens is 310 g/mol. The van der Waals surface area contributed by atoms with Crippen LogP contribution in [0.3, 0.4) is 0 Å². The van der Waals surface area contributed by atoms with E-state index in [1.807, 2.05) is 6.07 Å². The summed E-state index contributed by atoms with van der Waals surface area (Å²) in [6, 6.07) is 6.27. The van der Waals surface area contributed by atoms with Gasteiger partial charge >= 0.3 is 6.16 Å². The van der Waals surface area contributed by atoms with Gasteiger partial charge in [0.05, 0.1) is 20.8 Å². The third-order valence-corrected chi connectivity index (χ3v) is 4.76. The summed E-state index contributed by atoms with van der Waals surface area (Å²) in [4.78, 5) is 13.5. The molecule has 0 spiro atoms. The van der Waals surface area contributed by atoms with Crippen molar-refractivity contribution in [1.82, 2.24) is 4.90 Å². The number of carbonyl (C=O) groups excluding carboxylic acids is 1. The molecule has 6 heteroatoms. The number of carbonyl (C=O) groups is 1. The Bertz CT molecular complexity index is 655. The van der Waals surface area contributed by atoms with Gasteiger partial charge in [0, 0.05) is 19.5 Å². The minimum absolute atomic E-state index is 0.130. The normalized spacial score (nSPS) is 20.7. The minimum Gasteiger partial charge on any atom is -0.509 e. The Morgan fingerprint density at radius 2 is 2.17 bits per heavy atom. The maximum atomic E-state index is 11.3. The molecule has 0 fully saturated rings. The Kier molecular flexibility index (Phi) is 4.94. The van der Waals surface area contributed by atoms with Crippen LogP contribution in [0.1, 0.15) is 29.9 Å². The van der Waals surface area contributed by atoms with Crippen LogP contribution in [0.15, 0.2) is 29.7 Å². The van der Waals surface area contributed by atoms with Crippen LogP contribution in [0.4, 0.5) is 4.79 Å². The topological polar surface area (TPSA) is 68.2 Å². The first kappa shape index (κ1) is 16.6. The number of benzene rings is 1. The molecule has 0 bridgehead atoms. The van der Waals surface area contributed by atoms with Gasteiger partial charge in [0.25, 0.3) is 0 Å². The summed E-state index contributed by atoms with van der Waals surface area (Å²) < 4.78 is 14.9. The fraction of sp³-hybridized carbons (Fsp3) is 0.500. The van der Waals surface area contributed by atoms with E-state index < -0.39 is 6.16 Å². The van der Waals surface area contributed by atoms with Crippen LogP contribution < -0.4 is 4.74 Å². The van der Waals surface area contributed by atoms with E-state index in [1.165, 1.54) is 18.2 Å². The molecule has 0 amide bonds. The first-order valence-corrected chi connectivity index (χ1v) is 8.16. The van der Waals surface area contributed by atoms with E-state index in [2.05, 4.69) is 21.8 Å². The summed E-state index contributed by atoms with van der Waals surface area (Å²) >= 11 is 0. The molecule has 1 aliphatic carbocycles. The van der Waals surface area contributed by atoms with Gasteiger partial charge in [-0.1, -0.05) is 6.07 Å². The van der Waals surface area contributed by atoms with Crippen LogP contribution in [0, 0.1) is 0 Å². The zero-order valence-corrected chi connectivity index (χ0v) is 14.1. The second-order valence-corrected chi connectivity index (χ2v) is 6.21. The van der Waals surface area contributed by atoms with Crippen LogP contribution in [0.2, 0.25) is 0 Å². The van der Waals surface area contributed by atoms with Crippen molar-refractivity contribution in [3.8, 4) is 5.75 Å². The molecule has 1 unspecified atom stereocenters. The highest BCUT2D eigenvalue weighted by molar-refractivity contribution is 5.61. The summed E-state index contributed by atoms with van der Waals surface area (Å²) in [5, 5.41) is 9.92. The maximum Gasteiger partial charge on any atom is 0.513 e. The Morgan fingerprint density at radius 1 is 1.33 bits per heavy atom. The number of nitrogens with zero attached hydrogens (tertiary/aromatic N) is 1. The number of fused-ring (bicyclic) bond motifs is 1. The van der Waals surface area contributed by atoms with E-state index in [1.54, 1.807) is 7.11 Å². The molecule has 24 heavy (non-hydrogen) atoms. The van der Waals surface area contributed by atoms with Gasteiger partial charge in [-0.05, 0) is 42.0 Å². The van der Waals surface area contributed by atoms with Crippen molar-refractivity contribution in [2.24, 2.45) is 0 Å². The zero-order chi connectivity index (χ0) is 17.1. The molecule has 0 saturated carbocycles. The monoisotopic (exact) mass is 333 g/mol. The van der Waals surface area contributed by atoms with Crippen molar-refractivity contribution in [2.45, 2.75) is 25.2 Å². The quantitative estimate of drug-likeness (QED) is 0.855. The minimum atomic E-state index is -0.797. The molecule has 2 aliphatic rings. The van der Waals surface area contributed by atoms with Gasteiger partial charge in [-0.15, -0.1) is 0 Å². The molecule has 1 aromatic rings. The highest BCUT2D eigenvalue weighted by Gasteiger charge is 2.28. The molecule has 1 N–H and O–H groups in total. The average molecular weight is 333 g/mol. The fourth-order valence-electron chi connectivity index (χ4n) is 3.46. The lowest BCUT2D eigenvalue weighted by Crippen LogP contribution is -2.36. The highest BCUT2D eigenvalue weighted by atomic mass is 16.7. The van der Waals surface area contributed by atoms with Gasteiger partial charge in [-0.25, -0.2) is 4.79 Å². The lowest BCUT2D eigenvalue weighted by molar-refractivity contribution is 0.0782. The number of rotatable bonds is 4. The van der Waals surface area contributed by atoms with Crippen molar-refractivity contribution >= 4 is 6.16 Å². The molecule has 1 atom stereocenters. The SMILES string of the molecule is COC(=O)OC1=C(O)CCN(CC2CCc3ccc(OC)cc32)C1. The lowest BCUT2D eigenvalue weighted by Gasteiger charge is -2.30. The van der Waals surface area contributed by atoms with E-state index in [4.69, 9.17) is 9.47 Å². The van der Waals surface area contributed by atoms with E-state index in [-0.39, 0.29) is 11.5 Å². The Labute approximate surface area is 141 Å². The molecule has 0 aromatic heterocycles. The number of aliphatic hydroxyl groups excluding tert-OH is 1. The fourth-order valence-corrected chi connectivity index (χ4v) is 3.46. The smallest absolute Gasteiger partial charge is 0.509 e. The number of hydrogen-bond acceptors (Lipinski definition) is 6. The largest absolute Gasteiger partial charge is 0.513 e. The molecule has 1 aliphatic heterocycles. The van der Waals surface area contributed by atoms with Gasteiger partial charge < -0.3 is 19.3 Å². The molecule has 0 radical (unpaired) electrons. The Morgan fingerprint density at radius 3 is 2.92 bits per heavy atom. The number of aliphatic hydroxyl groups is 1. The third kappa shape index (κ3) is 3.48. The average Bonchev–Trinajstić information content (AvgIpc) is 2.99. The predicted octanol–water partition coefficient (Wildman–Crippen LogP) is 2.98. The standard InChI is InChI=1S/C18H23NO5/c1-22-14-6-5-12-3-4-13(15(12)9-14)10-19-8-7-16(20)17(11-19)24-18(21)23-2/h5-6,9,13,20H,3-4,7-8,10-11H2,1-2H3. The second kappa shape index (κ2) is 7.13. The van der Waals surface area contributed by atoms with Crippen molar-refractivity contribution in [3.63, 3.8) is 0 Å². The molecule has 130 valence electrons. The number of hydrogen-bond donors (Lipinski definition) is 1. The number of ether oxygens (including phenoxy) is 3.